The Bertz CT molecular complexity index is 840. The molecule has 0 aliphatic rings. The van der Waals surface area contributed by atoms with Gasteiger partial charge in [0.25, 0.3) is 5.91 Å². The van der Waals surface area contributed by atoms with E-state index in [1.807, 2.05) is 48.1 Å². The van der Waals surface area contributed by atoms with Crippen LogP contribution in [0.25, 0.3) is 0 Å². The minimum absolute atomic E-state index is 0.159. The summed E-state index contributed by atoms with van der Waals surface area (Å²) in [7, 11) is 1.86. The molecule has 0 saturated heterocycles. The van der Waals surface area contributed by atoms with Crippen LogP contribution in [0.2, 0.25) is 0 Å². The predicted molar refractivity (Wildman–Crippen MR) is 90.7 cm³/mol. The van der Waals surface area contributed by atoms with Crippen molar-refractivity contribution in [2.45, 2.75) is 6.04 Å². The van der Waals surface area contributed by atoms with Crippen molar-refractivity contribution >= 4 is 11.8 Å². The molecule has 0 bridgehead atoms. The fourth-order valence-electron chi connectivity index (χ4n) is 2.47. The average Bonchev–Trinajstić information content (AvgIpc) is 3.30. The summed E-state index contributed by atoms with van der Waals surface area (Å²) in [5.41, 5.74) is 0.905. The van der Waals surface area contributed by atoms with E-state index >= 15 is 0 Å². The number of carbonyl (C=O) groups is 2. The number of carbonyl (C=O) groups excluding carboxylic acids is 2. The molecule has 0 fully saturated rings. The molecule has 7 heteroatoms. The van der Waals surface area contributed by atoms with Gasteiger partial charge in [-0.25, -0.2) is 4.98 Å². The minimum atomic E-state index is -0.437. The van der Waals surface area contributed by atoms with Crippen molar-refractivity contribution in [3.63, 3.8) is 0 Å². The smallest absolute Gasteiger partial charge is 0.287 e. The van der Waals surface area contributed by atoms with Crippen LogP contribution in [-0.2, 0) is 11.8 Å². The summed E-state index contributed by atoms with van der Waals surface area (Å²) in [6.07, 6.45) is 4.90. The first-order valence-electron chi connectivity index (χ1n) is 7.78. The fourth-order valence-corrected chi connectivity index (χ4v) is 2.47. The second-order valence-corrected chi connectivity index (χ2v) is 5.47. The van der Waals surface area contributed by atoms with Crippen LogP contribution in [0.3, 0.4) is 0 Å². The van der Waals surface area contributed by atoms with Crippen LogP contribution in [0.5, 0.6) is 0 Å². The first kappa shape index (κ1) is 16.5. The molecular weight excluding hydrogens is 320 g/mol. The van der Waals surface area contributed by atoms with Crippen molar-refractivity contribution in [1.82, 2.24) is 20.2 Å². The van der Waals surface area contributed by atoms with Gasteiger partial charge in [-0.1, -0.05) is 30.3 Å². The van der Waals surface area contributed by atoms with Crippen LogP contribution in [0.15, 0.2) is 65.5 Å². The Morgan fingerprint density at radius 3 is 2.64 bits per heavy atom. The lowest BCUT2D eigenvalue weighted by atomic mass is 10.1. The van der Waals surface area contributed by atoms with E-state index in [0.717, 1.165) is 5.56 Å². The van der Waals surface area contributed by atoms with E-state index in [4.69, 9.17) is 4.42 Å². The van der Waals surface area contributed by atoms with E-state index in [2.05, 4.69) is 15.6 Å². The molecule has 0 radical (unpaired) electrons. The first-order chi connectivity index (χ1) is 12.1. The zero-order valence-corrected chi connectivity index (χ0v) is 13.7. The topological polar surface area (TPSA) is 89.2 Å². The van der Waals surface area contributed by atoms with Gasteiger partial charge in [-0.3, -0.25) is 9.59 Å². The van der Waals surface area contributed by atoms with Crippen LogP contribution in [-0.4, -0.2) is 27.9 Å². The lowest BCUT2D eigenvalue weighted by Gasteiger charge is -2.19. The monoisotopic (exact) mass is 338 g/mol. The third-order valence-electron chi connectivity index (χ3n) is 3.71. The molecule has 25 heavy (non-hydrogen) atoms. The Balaban J connectivity index is 1.69. The van der Waals surface area contributed by atoms with Crippen molar-refractivity contribution in [3.8, 4) is 0 Å². The van der Waals surface area contributed by atoms with Crippen LogP contribution >= 0.6 is 0 Å². The number of nitrogens with zero attached hydrogens (tertiary/aromatic N) is 2. The maximum absolute atomic E-state index is 12.3. The molecule has 2 aromatic heterocycles. The normalized spacial score (nSPS) is 11.7. The molecule has 2 amide bonds. The maximum Gasteiger partial charge on any atom is 0.287 e. The van der Waals surface area contributed by atoms with Gasteiger partial charge >= 0.3 is 0 Å². The number of imidazole rings is 1. The van der Waals surface area contributed by atoms with Gasteiger partial charge < -0.3 is 19.6 Å². The Kier molecular flexibility index (Phi) is 4.94. The molecule has 2 N–H and O–H groups in total. The highest BCUT2D eigenvalue weighted by Crippen LogP contribution is 2.19. The Morgan fingerprint density at radius 2 is 2.00 bits per heavy atom. The lowest BCUT2D eigenvalue weighted by molar-refractivity contribution is -0.120. The molecule has 1 aromatic carbocycles. The predicted octanol–water partition coefficient (Wildman–Crippen LogP) is 1.65. The third-order valence-corrected chi connectivity index (χ3v) is 3.71. The molecule has 1 unspecified atom stereocenters. The Labute approximate surface area is 144 Å². The van der Waals surface area contributed by atoms with Gasteiger partial charge in [-0.05, 0) is 17.7 Å². The van der Waals surface area contributed by atoms with E-state index < -0.39 is 11.9 Å². The number of nitrogens with one attached hydrogen (secondary N) is 2. The summed E-state index contributed by atoms with van der Waals surface area (Å²) in [6, 6.07) is 12.3. The number of hydrogen-bond acceptors (Lipinski definition) is 4. The standard InChI is InChI=1S/C18H18N4O3/c1-22-10-9-19-17(22)16(13-6-3-2-4-7-13)21-15(23)12-20-18(24)14-8-5-11-25-14/h2-11,16H,12H2,1H3,(H,20,24)(H,21,23). The highest BCUT2D eigenvalue weighted by molar-refractivity contribution is 5.94. The SMILES string of the molecule is Cn1ccnc1C(NC(=O)CNC(=O)c1ccco1)c1ccccc1. The molecule has 0 aliphatic carbocycles. The van der Waals surface area contributed by atoms with Crippen LogP contribution < -0.4 is 10.6 Å². The van der Waals surface area contributed by atoms with Gasteiger partial charge in [-0.2, -0.15) is 0 Å². The summed E-state index contributed by atoms with van der Waals surface area (Å²) >= 11 is 0. The van der Waals surface area contributed by atoms with E-state index in [9.17, 15) is 9.59 Å². The summed E-state index contributed by atoms with van der Waals surface area (Å²) < 4.78 is 6.84. The molecule has 0 spiro atoms. The molecule has 7 nitrogen and oxygen atoms in total. The largest absolute Gasteiger partial charge is 0.459 e. The number of benzene rings is 1. The van der Waals surface area contributed by atoms with Crippen molar-refractivity contribution in [2.75, 3.05) is 6.54 Å². The Morgan fingerprint density at radius 1 is 1.20 bits per heavy atom. The zero-order valence-electron chi connectivity index (χ0n) is 13.7. The van der Waals surface area contributed by atoms with Crippen LogP contribution in [0.1, 0.15) is 28.0 Å². The molecule has 128 valence electrons. The maximum atomic E-state index is 12.3. The van der Waals surface area contributed by atoms with Crippen molar-refractivity contribution in [2.24, 2.45) is 7.05 Å². The summed E-state index contributed by atoms with van der Waals surface area (Å²) in [5, 5.41) is 5.44. The second-order valence-electron chi connectivity index (χ2n) is 5.47. The van der Waals surface area contributed by atoms with Gasteiger partial charge in [0.2, 0.25) is 5.91 Å². The van der Waals surface area contributed by atoms with Crippen molar-refractivity contribution in [1.29, 1.82) is 0 Å². The number of aryl methyl sites for hydroxylation is 1. The van der Waals surface area contributed by atoms with Gasteiger partial charge in [0.15, 0.2) is 5.76 Å². The molecule has 0 saturated carbocycles. The number of rotatable bonds is 6. The van der Waals surface area contributed by atoms with E-state index in [0.29, 0.717) is 5.82 Å². The number of aromatic nitrogens is 2. The van der Waals surface area contributed by atoms with Gasteiger partial charge in [0.05, 0.1) is 12.8 Å². The minimum Gasteiger partial charge on any atom is -0.459 e. The number of hydrogen-bond donors (Lipinski definition) is 2. The lowest BCUT2D eigenvalue weighted by Crippen LogP contribution is -2.39. The number of amides is 2. The summed E-state index contributed by atoms with van der Waals surface area (Å²) in [4.78, 5) is 28.5. The van der Waals surface area contributed by atoms with Gasteiger partial charge in [0, 0.05) is 19.4 Å². The molecule has 3 aromatic rings. The highest BCUT2D eigenvalue weighted by atomic mass is 16.3. The van der Waals surface area contributed by atoms with Crippen molar-refractivity contribution in [3.05, 3.63) is 78.3 Å². The molecule has 1 atom stereocenters. The van der Waals surface area contributed by atoms with Gasteiger partial charge in [0.1, 0.15) is 11.9 Å². The zero-order chi connectivity index (χ0) is 17.6. The molecule has 0 aliphatic heterocycles. The molecular formula is C18H18N4O3. The summed E-state index contributed by atoms with van der Waals surface area (Å²) in [5.74, 6) is 0.110. The van der Waals surface area contributed by atoms with E-state index in [1.54, 1.807) is 12.3 Å². The second kappa shape index (κ2) is 7.48. The number of furan rings is 1. The van der Waals surface area contributed by atoms with E-state index in [1.165, 1.54) is 12.3 Å². The first-order valence-corrected chi connectivity index (χ1v) is 7.78. The quantitative estimate of drug-likeness (QED) is 0.715. The molecule has 3 rings (SSSR count). The average molecular weight is 338 g/mol. The molecule has 2 heterocycles. The van der Waals surface area contributed by atoms with Crippen LogP contribution in [0.4, 0.5) is 0 Å². The highest BCUT2D eigenvalue weighted by Gasteiger charge is 2.21. The van der Waals surface area contributed by atoms with Crippen LogP contribution in [0, 0.1) is 0 Å². The summed E-state index contributed by atoms with van der Waals surface area (Å²) in [6.45, 7) is -0.159. The van der Waals surface area contributed by atoms with Crippen molar-refractivity contribution < 1.29 is 14.0 Å². The Hall–Kier alpha value is -3.35. The van der Waals surface area contributed by atoms with Gasteiger partial charge in [-0.15, -0.1) is 0 Å². The third kappa shape index (κ3) is 3.95. The fraction of sp³-hybridized carbons (Fsp3) is 0.167. The van der Waals surface area contributed by atoms with E-state index in [-0.39, 0.29) is 18.2 Å².